The van der Waals surface area contributed by atoms with Gasteiger partial charge in [0.15, 0.2) is 5.78 Å². The van der Waals surface area contributed by atoms with Gasteiger partial charge in [0.25, 0.3) is 0 Å². The number of nitrogens with one attached hydrogen (secondary N) is 1. The van der Waals surface area contributed by atoms with Crippen LogP contribution in [0.3, 0.4) is 0 Å². The van der Waals surface area contributed by atoms with Crippen molar-refractivity contribution >= 4 is 5.78 Å². The molecule has 0 fully saturated rings. The maximum absolute atomic E-state index is 10.7. The van der Waals surface area contributed by atoms with Crippen LogP contribution in [-0.4, -0.2) is 18.9 Å². The zero-order chi connectivity index (χ0) is 7.56. The Morgan fingerprint density at radius 1 is 1.70 bits per heavy atom. The van der Waals surface area contributed by atoms with Crippen molar-refractivity contribution in [1.82, 2.24) is 5.32 Å². The molecule has 0 saturated heterocycles. The summed E-state index contributed by atoms with van der Waals surface area (Å²) in [6.07, 6.45) is 4.69. The number of allylic oxidation sites excluding steroid dienone is 2. The maximum Gasteiger partial charge on any atom is 0.180 e. The van der Waals surface area contributed by atoms with Gasteiger partial charge in [-0.05, 0) is 13.1 Å². The van der Waals surface area contributed by atoms with Gasteiger partial charge in [0.05, 0.1) is 6.04 Å². The molecule has 1 aliphatic rings. The summed E-state index contributed by atoms with van der Waals surface area (Å²) >= 11 is 0. The Morgan fingerprint density at radius 3 is 2.90 bits per heavy atom. The molecule has 0 aromatic heterocycles. The third-order valence-electron chi connectivity index (χ3n) is 1.43. The number of hydrogen-bond donors (Lipinski definition) is 2. The van der Waals surface area contributed by atoms with Crippen LogP contribution in [0.15, 0.2) is 23.9 Å². The molecule has 0 amide bonds. The first-order valence-electron chi connectivity index (χ1n) is 3.10. The Balaban J connectivity index is 2.75. The lowest BCUT2D eigenvalue weighted by Gasteiger charge is -2.13. The Hall–Kier alpha value is -1.09. The fourth-order valence-corrected chi connectivity index (χ4v) is 0.867. The number of likely N-dealkylation sites (N-methyl/N-ethyl adjacent to an activating group) is 1. The minimum Gasteiger partial charge on any atom is -0.400 e. The Labute approximate surface area is 59.6 Å². The molecule has 0 heterocycles. The molecule has 0 aromatic carbocycles. The van der Waals surface area contributed by atoms with Crippen LogP contribution < -0.4 is 11.1 Å². The van der Waals surface area contributed by atoms with E-state index in [2.05, 4.69) is 5.32 Å². The summed E-state index contributed by atoms with van der Waals surface area (Å²) in [6, 6.07) is 0.0256. The number of carbonyl (C=O) groups excluding carboxylic acids is 1. The Bertz CT molecular complexity index is 206. The average Bonchev–Trinajstić information content (AvgIpc) is 1.88. The third kappa shape index (κ3) is 1.25. The number of carbonyl (C=O) groups is 1. The van der Waals surface area contributed by atoms with E-state index in [-0.39, 0.29) is 11.8 Å². The predicted molar refractivity (Wildman–Crippen MR) is 39.3 cm³/mol. The van der Waals surface area contributed by atoms with E-state index in [1.54, 1.807) is 13.1 Å². The number of rotatable bonds is 1. The molecule has 54 valence electrons. The number of ketones is 1. The van der Waals surface area contributed by atoms with Gasteiger partial charge >= 0.3 is 0 Å². The molecule has 0 aliphatic heterocycles. The highest BCUT2D eigenvalue weighted by Crippen LogP contribution is 2.02. The van der Waals surface area contributed by atoms with Crippen molar-refractivity contribution in [1.29, 1.82) is 0 Å². The van der Waals surface area contributed by atoms with Crippen LogP contribution in [-0.2, 0) is 4.79 Å². The van der Waals surface area contributed by atoms with Crippen LogP contribution >= 0.6 is 0 Å². The molecule has 0 spiro atoms. The molecule has 1 atom stereocenters. The van der Waals surface area contributed by atoms with E-state index in [0.29, 0.717) is 5.70 Å². The fraction of sp³-hybridized carbons (Fsp3) is 0.286. The van der Waals surface area contributed by atoms with Crippen molar-refractivity contribution in [3.63, 3.8) is 0 Å². The lowest BCUT2D eigenvalue weighted by atomic mass is 10.1. The van der Waals surface area contributed by atoms with Gasteiger partial charge in [-0.15, -0.1) is 0 Å². The first-order chi connectivity index (χ1) is 4.74. The Kier molecular flexibility index (Phi) is 1.87. The van der Waals surface area contributed by atoms with Crippen LogP contribution in [0.2, 0.25) is 0 Å². The highest BCUT2D eigenvalue weighted by Gasteiger charge is 2.10. The normalized spacial score (nSPS) is 24.7. The molecule has 0 radical (unpaired) electrons. The van der Waals surface area contributed by atoms with Crippen molar-refractivity contribution in [2.75, 3.05) is 7.05 Å². The van der Waals surface area contributed by atoms with Gasteiger partial charge in [-0.2, -0.15) is 0 Å². The average molecular weight is 138 g/mol. The van der Waals surface area contributed by atoms with E-state index in [1.165, 1.54) is 12.2 Å². The smallest absolute Gasteiger partial charge is 0.180 e. The largest absolute Gasteiger partial charge is 0.400 e. The zero-order valence-corrected chi connectivity index (χ0v) is 5.79. The summed E-state index contributed by atoms with van der Waals surface area (Å²) in [5.74, 6) is -0.0380. The molecule has 0 bridgehead atoms. The van der Waals surface area contributed by atoms with Crippen LogP contribution in [0.25, 0.3) is 0 Å². The van der Waals surface area contributed by atoms with Crippen molar-refractivity contribution in [2.45, 2.75) is 6.04 Å². The van der Waals surface area contributed by atoms with Gasteiger partial charge in [-0.1, -0.05) is 6.08 Å². The van der Waals surface area contributed by atoms with Crippen molar-refractivity contribution in [2.24, 2.45) is 5.73 Å². The van der Waals surface area contributed by atoms with Gasteiger partial charge in [-0.25, -0.2) is 0 Å². The van der Waals surface area contributed by atoms with E-state index in [9.17, 15) is 4.79 Å². The third-order valence-corrected chi connectivity index (χ3v) is 1.43. The minimum atomic E-state index is -0.0380. The molecular weight excluding hydrogens is 128 g/mol. The first-order valence-corrected chi connectivity index (χ1v) is 3.10. The first kappa shape index (κ1) is 7.02. The van der Waals surface area contributed by atoms with E-state index < -0.39 is 0 Å². The van der Waals surface area contributed by atoms with Crippen LogP contribution in [0.5, 0.6) is 0 Å². The molecule has 3 nitrogen and oxygen atoms in total. The van der Waals surface area contributed by atoms with E-state index in [0.717, 1.165) is 0 Å². The van der Waals surface area contributed by atoms with E-state index >= 15 is 0 Å². The molecule has 1 unspecified atom stereocenters. The maximum atomic E-state index is 10.7. The van der Waals surface area contributed by atoms with Gasteiger partial charge in [-0.3, -0.25) is 4.79 Å². The highest BCUT2D eigenvalue weighted by molar-refractivity contribution is 6.00. The summed E-state index contributed by atoms with van der Waals surface area (Å²) in [6.45, 7) is 0. The summed E-state index contributed by atoms with van der Waals surface area (Å²) in [5.41, 5.74) is 6.09. The van der Waals surface area contributed by atoms with Crippen molar-refractivity contribution in [3.05, 3.63) is 23.9 Å². The fourth-order valence-electron chi connectivity index (χ4n) is 0.867. The molecule has 3 N–H and O–H groups in total. The number of nitrogens with two attached hydrogens (primary N) is 1. The molecule has 0 aromatic rings. The molecule has 1 rings (SSSR count). The van der Waals surface area contributed by atoms with Crippen LogP contribution in [0.4, 0.5) is 0 Å². The topological polar surface area (TPSA) is 55.1 Å². The molecule has 10 heavy (non-hydrogen) atoms. The monoisotopic (exact) mass is 138 g/mol. The summed E-state index contributed by atoms with van der Waals surface area (Å²) in [5, 5.41) is 2.94. The van der Waals surface area contributed by atoms with Gasteiger partial charge in [0.1, 0.15) is 0 Å². The standard InChI is InChI=1S/C7H10N2O/c1-9-7-3-2-5(10)4-6(7)8/h2-4,7,9H,8H2,1H3. The lowest BCUT2D eigenvalue weighted by Crippen LogP contribution is -2.31. The minimum absolute atomic E-state index is 0.0256. The second-order valence-corrected chi connectivity index (χ2v) is 2.17. The number of hydrogen-bond acceptors (Lipinski definition) is 3. The SMILES string of the molecule is CNC1C=CC(=O)C=C1N. The quantitative estimate of drug-likeness (QED) is 0.516. The molecule has 0 saturated carbocycles. The Morgan fingerprint density at radius 2 is 2.40 bits per heavy atom. The van der Waals surface area contributed by atoms with E-state index in [4.69, 9.17) is 5.73 Å². The van der Waals surface area contributed by atoms with Gasteiger partial charge in [0, 0.05) is 11.8 Å². The molecular formula is C7H10N2O. The summed E-state index contributed by atoms with van der Waals surface area (Å²) in [4.78, 5) is 10.7. The van der Waals surface area contributed by atoms with Crippen LogP contribution in [0.1, 0.15) is 0 Å². The summed E-state index contributed by atoms with van der Waals surface area (Å²) < 4.78 is 0. The van der Waals surface area contributed by atoms with Crippen molar-refractivity contribution < 1.29 is 4.79 Å². The lowest BCUT2D eigenvalue weighted by molar-refractivity contribution is -0.110. The predicted octanol–water partition coefficient (Wildman–Crippen LogP) is -0.444. The zero-order valence-electron chi connectivity index (χ0n) is 5.79. The van der Waals surface area contributed by atoms with Crippen LogP contribution in [0, 0.1) is 0 Å². The highest BCUT2D eigenvalue weighted by atomic mass is 16.1. The second-order valence-electron chi connectivity index (χ2n) is 2.17. The van der Waals surface area contributed by atoms with Gasteiger partial charge < -0.3 is 11.1 Å². The summed E-state index contributed by atoms with van der Waals surface area (Å²) in [7, 11) is 1.80. The molecule has 3 heteroatoms. The van der Waals surface area contributed by atoms with Gasteiger partial charge in [0.2, 0.25) is 0 Å². The van der Waals surface area contributed by atoms with Crippen molar-refractivity contribution in [3.8, 4) is 0 Å². The molecule has 1 aliphatic carbocycles. The second kappa shape index (κ2) is 2.66. The van der Waals surface area contributed by atoms with E-state index in [1.807, 2.05) is 0 Å².